The first-order chi connectivity index (χ1) is 12.3. The third-order valence-electron chi connectivity index (χ3n) is 5.92. The molecule has 138 valence electrons. The fourth-order valence-electron chi connectivity index (χ4n) is 3.73. The Morgan fingerprint density at radius 2 is 1.88 bits per heavy atom. The first-order valence-electron chi connectivity index (χ1n) is 9.12. The predicted molar refractivity (Wildman–Crippen MR) is 104 cm³/mol. The Balaban J connectivity index is 1.75. The maximum atomic E-state index is 13.1. The van der Waals surface area contributed by atoms with Crippen LogP contribution in [0.25, 0.3) is 11.1 Å². The SMILES string of the molecule is CN(C[C@H]1CCN(C)C1(C)C)C(=O)c1cccc(-c2ccc(F)cc2)c1. The molecule has 1 aliphatic heterocycles. The molecular weight excluding hydrogens is 327 g/mol. The molecule has 1 heterocycles. The van der Waals surface area contributed by atoms with E-state index >= 15 is 0 Å². The molecule has 1 amide bonds. The van der Waals surface area contributed by atoms with Crippen molar-refractivity contribution >= 4 is 5.91 Å². The van der Waals surface area contributed by atoms with Gasteiger partial charge in [-0.1, -0.05) is 24.3 Å². The quantitative estimate of drug-likeness (QED) is 0.817. The van der Waals surface area contributed by atoms with Crippen LogP contribution in [-0.4, -0.2) is 48.4 Å². The number of amides is 1. The number of likely N-dealkylation sites (tertiary alicyclic amines) is 1. The highest BCUT2D eigenvalue weighted by molar-refractivity contribution is 5.95. The van der Waals surface area contributed by atoms with Crippen LogP contribution < -0.4 is 0 Å². The molecule has 0 aliphatic carbocycles. The second-order valence-corrected chi connectivity index (χ2v) is 7.83. The molecule has 0 saturated carbocycles. The monoisotopic (exact) mass is 354 g/mol. The van der Waals surface area contributed by atoms with Crippen molar-refractivity contribution in [1.82, 2.24) is 9.80 Å². The van der Waals surface area contributed by atoms with E-state index in [1.54, 1.807) is 12.1 Å². The van der Waals surface area contributed by atoms with Gasteiger partial charge in [0.15, 0.2) is 0 Å². The summed E-state index contributed by atoms with van der Waals surface area (Å²) in [5.74, 6) is 0.228. The average Bonchev–Trinajstić information content (AvgIpc) is 2.88. The fraction of sp³-hybridized carbons (Fsp3) is 0.409. The van der Waals surface area contributed by atoms with Crippen molar-refractivity contribution in [2.24, 2.45) is 5.92 Å². The van der Waals surface area contributed by atoms with E-state index in [9.17, 15) is 9.18 Å². The van der Waals surface area contributed by atoms with Crippen LogP contribution in [0.15, 0.2) is 48.5 Å². The molecule has 0 bridgehead atoms. The molecule has 1 atom stereocenters. The van der Waals surface area contributed by atoms with E-state index in [1.807, 2.05) is 36.2 Å². The Hall–Kier alpha value is -2.20. The summed E-state index contributed by atoms with van der Waals surface area (Å²) in [6, 6.07) is 13.9. The van der Waals surface area contributed by atoms with Gasteiger partial charge in [-0.2, -0.15) is 0 Å². The summed E-state index contributed by atoms with van der Waals surface area (Å²) in [6.45, 7) is 6.31. The Morgan fingerprint density at radius 3 is 2.50 bits per heavy atom. The van der Waals surface area contributed by atoms with Gasteiger partial charge in [0.25, 0.3) is 5.91 Å². The van der Waals surface area contributed by atoms with Crippen LogP contribution in [-0.2, 0) is 0 Å². The molecule has 0 aromatic heterocycles. The minimum absolute atomic E-state index is 0.0271. The number of hydrogen-bond acceptors (Lipinski definition) is 2. The van der Waals surface area contributed by atoms with Crippen LogP contribution >= 0.6 is 0 Å². The Kier molecular flexibility index (Phi) is 5.15. The van der Waals surface area contributed by atoms with Crippen molar-refractivity contribution < 1.29 is 9.18 Å². The van der Waals surface area contributed by atoms with Crippen LogP contribution in [0, 0.1) is 11.7 Å². The lowest BCUT2D eigenvalue weighted by atomic mass is 9.88. The summed E-state index contributed by atoms with van der Waals surface area (Å²) in [6.07, 6.45) is 1.11. The topological polar surface area (TPSA) is 23.6 Å². The Bertz CT molecular complexity index is 785. The summed E-state index contributed by atoms with van der Waals surface area (Å²) in [5, 5.41) is 0. The van der Waals surface area contributed by atoms with Crippen LogP contribution in [0.2, 0.25) is 0 Å². The van der Waals surface area contributed by atoms with Crippen LogP contribution in [0.1, 0.15) is 30.6 Å². The van der Waals surface area contributed by atoms with E-state index in [4.69, 9.17) is 0 Å². The van der Waals surface area contributed by atoms with Crippen molar-refractivity contribution in [1.29, 1.82) is 0 Å². The summed E-state index contributed by atoms with van der Waals surface area (Å²) < 4.78 is 13.1. The Morgan fingerprint density at radius 1 is 1.19 bits per heavy atom. The number of halogens is 1. The molecule has 2 aromatic rings. The zero-order valence-electron chi connectivity index (χ0n) is 16.0. The molecule has 1 saturated heterocycles. The third-order valence-corrected chi connectivity index (χ3v) is 5.92. The molecule has 1 fully saturated rings. The highest BCUT2D eigenvalue weighted by atomic mass is 19.1. The van der Waals surface area contributed by atoms with Crippen molar-refractivity contribution in [2.45, 2.75) is 25.8 Å². The van der Waals surface area contributed by atoms with Crippen molar-refractivity contribution in [3.8, 4) is 11.1 Å². The maximum Gasteiger partial charge on any atom is 0.253 e. The second kappa shape index (κ2) is 7.20. The molecule has 3 rings (SSSR count). The molecule has 0 unspecified atom stereocenters. The van der Waals surface area contributed by atoms with Crippen LogP contribution in [0.4, 0.5) is 4.39 Å². The molecule has 0 spiro atoms. The van der Waals surface area contributed by atoms with Crippen molar-refractivity contribution in [2.75, 3.05) is 27.2 Å². The van der Waals surface area contributed by atoms with Gasteiger partial charge in [0, 0.05) is 24.7 Å². The fourth-order valence-corrected chi connectivity index (χ4v) is 3.73. The van der Waals surface area contributed by atoms with Crippen LogP contribution in [0.5, 0.6) is 0 Å². The molecular formula is C22H27FN2O. The zero-order chi connectivity index (χ0) is 18.9. The predicted octanol–water partition coefficient (Wildman–Crippen LogP) is 4.30. The van der Waals surface area contributed by atoms with Crippen molar-refractivity contribution in [3.63, 3.8) is 0 Å². The highest BCUT2D eigenvalue weighted by Crippen LogP contribution is 2.33. The number of benzene rings is 2. The minimum atomic E-state index is -0.259. The largest absolute Gasteiger partial charge is 0.341 e. The molecule has 3 nitrogen and oxygen atoms in total. The minimum Gasteiger partial charge on any atom is -0.341 e. The molecule has 2 aromatic carbocycles. The summed E-state index contributed by atoms with van der Waals surface area (Å²) in [4.78, 5) is 17.1. The standard InChI is InChI=1S/C22H27FN2O/c1-22(2)19(12-13-25(22)4)15-24(3)21(26)18-7-5-6-17(14-18)16-8-10-20(23)11-9-16/h5-11,14,19H,12-13,15H2,1-4H3/t19-/m1/s1. The van der Waals surface area contributed by atoms with E-state index in [-0.39, 0.29) is 17.3 Å². The van der Waals surface area contributed by atoms with Gasteiger partial charge in [0.05, 0.1) is 0 Å². The van der Waals surface area contributed by atoms with E-state index in [0.29, 0.717) is 11.5 Å². The van der Waals surface area contributed by atoms with Gasteiger partial charge in [-0.3, -0.25) is 4.79 Å². The first-order valence-corrected chi connectivity index (χ1v) is 9.12. The van der Waals surface area contributed by atoms with Gasteiger partial charge in [-0.25, -0.2) is 4.39 Å². The van der Waals surface area contributed by atoms with Gasteiger partial charge in [-0.15, -0.1) is 0 Å². The van der Waals surface area contributed by atoms with Gasteiger partial charge < -0.3 is 9.80 Å². The van der Waals surface area contributed by atoms with E-state index < -0.39 is 0 Å². The van der Waals surface area contributed by atoms with Gasteiger partial charge in [0.2, 0.25) is 0 Å². The molecule has 0 N–H and O–H groups in total. The van der Waals surface area contributed by atoms with Gasteiger partial charge in [-0.05, 0) is 75.2 Å². The smallest absolute Gasteiger partial charge is 0.253 e. The van der Waals surface area contributed by atoms with Gasteiger partial charge >= 0.3 is 0 Å². The summed E-state index contributed by atoms with van der Waals surface area (Å²) >= 11 is 0. The number of rotatable bonds is 4. The van der Waals surface area contributed by atoms with E-state index in [1.165, 1.54) is 12.1 Å². The number of nitrogens with zero attached hydrogens (tertiary/aromatic N) is 2. The van der Waals surface area contributed by atoms with E-state index in [2.05, 4.69) is 25.8 Å². The molecule has 4 heteroatoms. The molecule has 1 aliphatic rings. The first kappa shape index (κ1) is 18.6. The zero-order valence-corrected chi connectivity index (χ0v) is 16.0. The molecule has 0 radical (unpaired) electrons. The van der Waals surface area contributed by atoms with Crippen molar-refractivity contribution in [3.05, 3.63) is 59.9 Å². The van der Waals surface area contributed by atoms with E-state index in [0.717, 1.165) is 30.6 Å². The lowest BCUT2D eigenvalue weighted by Crippen LogP contribution is -2.44. The summed E-state index contributed by atoms with van der Waals surface area (Å²) in [7, 11) is 4.02. The lowest BCUT2D eigenvalue weighted by molar-refractivity contribution is 0.0729. The number of hydrogen-bond donors (Lipinski definition) is 0. The normalized spacial score (nSPS) is 19.5. The lowest BCUT2D eigenvalue weighted by Gasteiger charge is -2.35. The van der Waals surface area contributed by atoms with Crippen LogP contribution in [0.3, 0.4) is 0 Å². The molecule has 26 heavy (non-hydrogen) atoms. The number of carbonyl (C=O) groups is 1. The number of carbonyl (C=O) groups excluding carboxylic acids is 1. The van der Waals surface area contributed by atoms with Gasteiger partial charge in [0.1, 0.15) is 5.82 Å². The third kappa shape index (κ3) is 3.65. The Labute approximate surface area is 155 Å². The second-order valence-electron chi connectivity index (χ2n) is 7.83. The summed E-state index contributed by atoms with van der Waals surface area (Å²) in [5.41, 5.74) is 2.59. The highest BCUT2D eigenvalue weighted by Gasteiger charge is 2.39. The average molecular weight is 354 g/mol. The maximum absolute atomic E-state index is 13.1.